The molecule has 2 rings (SSSR count). The molecular formula is C10H10N4O2. The van der Waals surface area contributed by atoms with Gasteiger partial charge >= 0.3 is 5.97 Å². The summed E-state index contributed by atoms with van der Waals surface area (Å²) in [4.78, 5) is 11.1. The minimum absolute atomic E-state index is 0.205. The topological polar surface area (TPSA) is 91.8 Å². The van der Waals surface area contributed by atoms with Gasteiger partial charge < -0.3 is 5.11 Å². The third-order valence-electron chi connectivity index (χ3n) is 2.25. The van der Waals surface area contributed by atoms with Crippen molar-refractivity contribution in [2.75, 3.05) is 0 Å². The first-order chi connectivity index (χ1) is 7.77. The van der Waals surface area contributed by atoms with Crippen LogP contribution in [-0.4, -0.2) is 31.7 Å². The maximum Gasteiger partial charge on any atom is 0.314 e. The van der Waals surface area contributed by atoms with Crippen LogP contribution in [-0.2, 0) is 11.2 Å². The van der Waals surface area contributed by atoms with E-state index in [0.29, 0.717) is 6.42 Å². The van der Waals surface area contributed by atoms with Crippen LogP contribution in [0.15, 0.2) is 30.3 Å². The van der Waals surface area contributed by atoms with Crippen molar-refractivity contribution in [2.24, 2.45) is 0 Å². The molecule has 1 aromatic carbocycles. The quantitative estimate of drug-likeness (QED) is 0.784. The number of hydrogen-bond acceptors (Lipinski definition) is 4. The van der Waals surface area contributed by atoms with Crippen molar-refractivity contribution in [1.82, 2.24) is 20.6 Å². The van der Waals surface area contributed by atoms with Gasteiger partial charge in [0.05, 0.1) is 0 Å². The average molecular weight is 218 g/mol. The van der Waals surface area contributed by atoms with Crippen molar-refractivity contribution in [1.29, 1.82) is 0 Å². The highest BCUT2D eigenvalue weighted by Gasteiger charge is 2.24. The second-order valence-corrected chi connectivity index (χ2v) is 3.35. The Morgan fingerprint density at radius 2 is 2.12 bits per heavy atom. The number of benzene rings is 1. The Morgan fingerprint density at radius 1 is 1.38 bits per heavy atom. The van der Waals surface area contributed by atoms with Gasteiger partial charge in [0.15, 0.2) is 5.82 Å². The van der Waals surface area contributed by atoms with Crippen LogP contribution in [0.5, 0.6) is 0 Å². The zero-order chi connectivity index (χ0) is 11.4. The van der Waals surface area contributed by atoms with Crippen LogP contribution >= 0.6 is 0 Å². The van der Waals surface area contributed by atoms with Crippen molar-refractivity contribution in [3.05, 3.63) is 41.7 Å². The summed E-state index contributed by atoms with van der Waals surface area (Å²) >= 11 is 0. The molecule has 82 valence electrons. The van der Waals surface area contributed by atoms with Crippen LogP contribution in [0.25, 0.3) is 0 Å². The Hall–Kier alpha value is -2.24. The Kier molecular flexibility index (Phi) is 2.90. The lowest BCUT2D eigenvalue weighted by atomic mass is 9.99. The van der Waals surface area contributed by atoms with Gasteiger partial charge in [0.2, 0.25) is 0 Å². The van der Waals surface area contributed by atoms with Gasteiger partial charge in [0.25, 0.3) is 0 Å². The number of hydrogen-bond donors (Lipinski definition) is 2. The number of aliphatic carboxylic acids is 1. The zero-order valence-electron chi connectivity index (χ0n) is 8.37. The lowest BCUT2D eigenvalue weighted by Crippen LogP contribution is -2.16. The molecule has 0 amide bonds. The molecule has 0 spiro atoms. The van der Waals surface area contributed by atoms with Crippen molar-refractivity contribution >= 4 is 5.97 Å². The molecule has 6 nitrogen and oxygen atoms in total. The Balaban J connectivity index is 2.19. The van der Waals surface area contributed by atoms with E-state index in [0.717, 1.165) is 5.56 Å². The Bertz CT molecular complexity index is 455. The van der Waals surface area contributed by atoms with Gasteiger partial charge in [-0.25, -0.2) is 0 Å². The van der Waals surface area contributed by atoms with Crippen molar-refractivity contribution in [3.63, 3.8) is 0 Å². The lowest BCUT2D eigenvalue weighted by Gasteiger charge is -2.07. The van der Waals surface area contributed by atoms with E-state index in [1.807, 2.05) is 30.3 Å². The molecule has 0 saturated heterocycles. The largest absolute Gasteiger partial charge is 0.481 e. The zero-order valence-corrected chi connectivity index (χ0v) is 8.37. The third kappa shape index (κ3) is 2.22. The predicted molar refractivity (Wildman–Crippen MR) is 54.7 cm³/mol. The van der Waals surface area contributed by atoms with Crippen LogP contribution < -0.4 is 0 Å². The number of aromatic nitrogens is 4. The van der Waals surface area contributed by atoms with Crippen LogP contribution in [0, 0.1) is 0 Å². The number of H-pyrrole nitrogens is 1. The Labute approximate surface area is 91.3 Å². The van der Waals surface area contributed by atoms with Gasteiger partial charge in [0.1, 0.15) is 5.92 Å². The van der Waals surface area contributed by atoms with E-state index >= 15 is 0 Å². The van der Waals surface area contributed by atoms with Crippen LogP contribution in [0.4, 0.5) is 0 Å². The minimum Gasteiger partial charge on any atom is -0.481 e. The highest BCUT2D eigenvalue weighted by atomic mass is 16.4. The second kappa shape index (κ2) is 4.52. The van der Waals surface area contributed by atoms with Crippen LogP contribution in [0.2, 0.25) is 0 Å². The molecule has 0 radical (unpaired) electrons. The molecule has 0 aliphatic carbocycles. The summed E-state index contributed by atoms with van der Waals surface area (Å²) in [7, 11) is 0. The molecule has 16 heavy (non-hydrogen) atoms. The van der Waals surface area contributed by atoms with E-state index in [9.17, 15) is 4.79 Å². The lowest BCUT2D eigenvalue weighted by molar-refractivity contribution is -0.139. The second-order valence-electron chi connectivity index (χ2n) is 3.35. The van der Waals surface area contributed by atoms with Gasteiger partial charge in [-0.2, -0.15) is 5.21 Å². The normalized spacial score (nSPS) is 12.2. The molecule has 0 bridgehead atoms. The summed E-state index contributed by atoms with van der Waals surface area (Å²) in [5.74, 6) is -1.51. The number of tetrazole rings is 1. The summed E-state index contributed by atoms with van der Waals surface area (Å²) < 4.78 is 0. The van der Waals surface area contributed by atoms with Crippen molar-refractivity contribution < 1.29 is 9.90 Å². The van der Waals surface area contributed by atoms with Gasteiger partial charge in [0, 0.05) is 0 Å². The molecule has 1 atom stereocenters. The number of carboxylic acid groups (broad SMARTS) is 1. The molecular weight excluding hydrogens is 208 g/mol. The van der Waals surface area contributed by atoms with E-state index in [2.05, 4.69) is 20.6 Å². The first-order valence-corrected chi connectivity index (χ1v) is 4.77. The molecule has 1 unspecified atom stereocenters. The Morgan fingerprint density at radius 3 is 2.69 bits per heavy atom. The van der Waals surface area contributed by atoms with E-state index in [1.165, 1.54) is 0 Å². The maximum absolute atomic E-state index is 11.1. The van der Waals surface area contributed by atoms with E-state index in [4.69, 9.17) is 5.11 Å². The first-order valence-electron chi connectivity index (χ1n) is 4.77. The first kappa shape index (κ1) is 10.3. The standard InChI is InChI=1S/C10H10N4O2/c15-10(16)8(9-11-13-14-12-9)6-7-4-2-1-3-5-7/h1-5,8H,6H2,(H,15,16)(H,11,12,13,14). The van der Waals surface area contributed by atoms with Gasteiger partial charge in [-0.3, -0.25) is 4.79 Å². The molecule has 0 aliphatic rings. The molecule has 2 aromatic rings. The molecule has 0 fully saturated rings. The fraction of sp³-hybridized carbons (Fsp3) is 0.200. The number of carbonyl (C=O) groups is 1. The maximum atomic E-state index is 11.1. The van der Waals surface area contributed by atoms with E-state index < -0.39 is 11.9 Å². The minimum atomic E-state index is -0.953. The number of aromatic amines is 1. The highest BCUT2D eigenvalue weighted by molar-refractivity contribution is 5.75. The average Bonchev–Trinajstić information content (AvgIpc) is 2.80. The number of rotatable bonds is 4. The van der Waals surface area contributed by atoms with E-state index in [1.54, 1.807) is 0 Å². The highest BCUT2D eigenvalue weighted by Crippen LogP contribution is 2.16. The molecule has 1 heterocycles. The van der Waals surface area contributed by atoms with Crippen LogP contribution in [0.3, 0.4) is 0 Å². The SMILES string of the molecule is O=C(O)C(Cc1ccccc1)c1nn[nH]n1. The summed E-state index contributed by atoms with van der Waals surface area (Å²) in [6.07, 6.45) is 0.357. The van der Waals surface area contributed by atoms with Gasteiger partial charge in [-0.05, 0) is 12.0 Å². The summed E-state index contributed by atoms with van der Waals surface area (Å²) in [5, 5.41) is 22.1. The molecule has 2 N–H and O–H groups in total. The predicted octanol–water partition coefficient (Wildman–Crippen LogP) is 0.611. The number of nitrogens with zero attached hydrogens (tertiary/aromatic N) is 3. The number of carboxylic acids is 1. The summed E-state index contributed by atoms with van der Waals surface area (Å²) in [5.41, 5.74) is 0.930. The van der Waals surface area contributed by atoms with E-state index in [-0.39, 0.29) is 5.82 Å². The fourth-order valence-electron chi connectivity index (χ4n) is 1.46. The van der Waals surface area contributed by atoms with Crippen molar-refractivity contribution in [2.45, 2.75) is 12.3 Å². The molecule has 6 heteroatoms. The monoisotopic (exact) mass is 218 g/mol. The molecule has 1 aromatic heterocycles. The molecule has 0 aliphatic heterocycles. The van der Waals surface area contributed by atoms with Gasteiger partial charge in [-0.1, -0.05) is 35.5 Å². The van der Waals surface area contributed by atoms with Crippen LogP contribution in [0.1, 0.15) is 17.3 Å². The van der Waals surface area contributed by atoms with Crippen molar-refractivity contribution in [3.8, 4) is 0 Å². The summed E-state index contributed by atoms with van der Waals surface area (Å²) in [6.45, 7) is 0. The smallest absolute Gasteiger partial charge is 0.314 e. The summed E-state index contributed by atoms with van der Waals surface area (Å²) in [6, 6.07) is 9.36. The fourth-order valence-corrected chi connectivity index (χ4v) is 1.46. The number of nitrogens with one attached hydrogen (secondary N) is 1. The molecule has 0 saturated carbocycles. The third-order valence-corrected chi connectivity index (χ3v) is 2.25. The van der Waals surface area contributed by atoms with Gasteiger partial charge in [-0.15, -0.1) is 10.2 Å².